The van der Waals surface area contributed by atoms with Crippen molar-refractivity contribution in [1.29, 1.82) is 5.26 Å². The Labute approximate surface area is 167 Å². The number of aromatic nitrogens is 4. The molecular weight excluding hydrogens is 366 g/mol. The minimum atomic E-state index is -0.313. The SMILES string of the molecule is COc1cn(Cc2cccc(C#N)c2)nc(-c2ccnn2-c2ccccc2)c1=O. The topological polar surface area (TPSA) is 85.7 Å². The van der Waals surface area contributed by atoms with E-state index in [1.165, 1.54) is 7.11 Å². The maximum atomic E-state index is 12.9. The predicted octanol–water partition coefficient (Wildman–Crippen LogP) is 3.02. The van der Waals surface area contributed by atoms with E-state index in [9.17, 15) is 4.79 Å². The Kier molecular flexibility index (Phi) is 4.91. The molecule has 29 heavy (non-hydrogen) atoms. The Morgan fingerprint density at radius 1 is 1.10 bits per heavy atom. The molecule has 4 rings (SSSR count). The molecule has 0 unspecified atom stereocenters. The molecule has 2 aromatic heterocycles. The maximum Gasteiger partial charge on any atom is 0.251 e. The Morgan fingerprint density at radius 3 is 2.69 bits per heavy atom. The van der Waals surface area contributed by atoms with Crippen molar-refractivity contribution in [2.45, 2.75) is 6.54 Å². The average Bonchev–Trinajstić information content (AvgIpc) is 3.25. The molecule has 142 valence electrons. The lowest BCUT2D eigenvalue weighted by Crippen LogP contribution is -2.19. The van der Waals surface area contributed by atoms with Gasteiger partial charge in [-0.3, -0.25) is 9.48 Å². The zero-order valence-corrected chi connectivity index (χ0v) is 15.7. The van der Waals surface area contributed by atoms with Crippen LogP contribution in [0.1, 0.15) is 11.1 Å². The zero-order valence-electron chi connectivity index (χ0n) is 15.7. The van der Waals surface area contributed by atoms with Gasteiger partial charge in [-0.15, -0.1) is 0 Å². The second-order valence-corrected chi connectivity index (χ2v) is 6.35. The fourth-order valence-corrected chi connectivity index (χ4v) is 3.09. The second kappa shape index (κ2) is 7.82. The summed E-state index contributed by atoms with van der Waals surface area (Å²) in [7, 11) is 1.45. The summed E-state index contributed by atoms with van der Waals surface area (Å²) >= 11 is 0. The quantitative estimate of drug-likeness (QED) is 0.529. The Bertz CT molecular complexity index is 1250. The number of nitrogens with zero attached hydrogens (tertiary/aromatic N) is 5. The van der Waals surface area contributed by atoms with E-state index in [0.29, 0.717) is 17.8 Å². The average molecular weight is 383 g/mol. The van der Waals surface area contributed by atoms with Gasteiger partial charge in [-0.1, -0.05) is 30.3 Å². The fraction of sp³-hybridized carbons (Fsp3) is 0.0909. The van der Waals surface area contributed by atoms with Crippen LogP contribution >= 0.6 is 0 Å². The molecule has 0 saturated carbocycles. The number of methoxy groups -OCH3 is 1. The largest absolute Gasteiger partial charge is 0.491 e. The predicted molar refractivity (Wildman–Crippen MR) is 108 cm³/mol. The summed E-state index contributed by atoms with van der Waals surface area (Å²) in [6, 6.07) is 20.7. The minimum absolute atomic E-state index is 0.187. The molecule has 0 aliphatic heterocycles. The van der Waals surface area contributed by atoms with Crippen molar-refractivity contribution in [3.8, 4) is 28.9 Å². The number of hydrogen-bond donors (Lipinski definition) is 0. The van der Waals surface area contributed by atoms with Gasteiger partial charge >= 0.3 is 0 Å². The molecule has 0 amide bonds. The first-order chi connectivity index (χ1) is 14.2. The molecule has 0 saturated heterocycles. The van der Waals surface area contributed by atoms with Gasteiger partial charge in [0.05, 0.1) is 49.1 Å². The van der Waals surface area contributed by atoms with E-state index in [1.807, 2.05) is 42.5 Å². The highest BCUT2D eigenvalue weighted by atomic mass is 16.5. The number of rotatable bonds is 5. The molecule has 2 heterocycles. The Morgan fingerprint density at radius 2 is 1.93 bits per heavy atom. The van der Waals surface area contributed by atoms with Crippen LogP contribution in [-0.2, 0) is 6.54 Å². The fourth-order valence-electron chi connectivity index (χ4n) is 3.09. The van der Waals surface area contributed by atoms with E-state index in [2.05, 4.69) is 16.3 Å². The molecule has 2 aromatic carbocycles. The lowest BCUT2D eigenvalue weighted by molar-refractivity contribution is 0.402. The lowest BCUT2D eigenvalue weighted by Gasteiger charge is -2.12. The van der Waals surface area contributed by atoms with Crippen LogP contribution in [0, 0.1) is 11.3 Å². The molecular formula is C22H17N5O2. The standard InChI is InChI=1S/C22H17N5O2/c1-29-20-15-26(14-17-7-5-6-16(12-17)13-23)25-21(22(20)28)19-10-11-24-27(19)18-8-3-2-4-9-18/h2-12,15H,14H2,1H3. The zero-order chi connectivity index (χ0) is 20.2. The van der Waals surface area contributed by atoms with E-state index in [4.69, 9.17) is 10.00 Å². The normalized spacial score (nSPS) is 10.5. The van der Waals surface area contributed by atoms with Crippen molar-refractivity contribution in [3.05, 3.63) is 94.4 Å². The molecule has 0 spiro atoms. The van der Waals surface area contributed by atoms with Crippen LogP contribution in [0.15, 0.2) is 77.9 Å². The molecule has 0 aliphatic rings. The number of ether oxygens (including phenoxy) is 1. The van der Waals surface area contributed by atoms with Gasteiger partial charge in [0, 0.05) is 0 Å². The first-order valence-corrected chi connectivity index (χ1v) is 8.94. The Hall–Kier alpha value is -4.18. The molecule has 0 fully saturated rings. The molecule has 4 aromatic rings. The first kappa shape index (κ1) is 18.2. The second-order valence-electron chi connectivity index (χ2n) is 6.35. The summed E-state index contributed by atoms with van der Waals surface area (Å²) in [6.07, 6.45) is 3.19. The Balaban J connectivity index is 1.81. The van der Waals surface area contributed by atoms with E-state index < -0.39 is 0 Å². The van der Waals surface area contributed by atoms with Gasteiger partial charge in [0.25, 0.3) is 5.43 Å². The molecule has 0 atom stereocenters. The maximum absolute atomic E-state index is 12.9. The third kappa shape index (κ3) is 3.64. The van der Waals surface area contributed by atoms with E-state index in [0.717, 1.165) is 11.3 Å². The molecule has 7 heteroatoms. The van der Waals surface area contributed by atoms with Crippen molar-refractivity contribution in [2.75, 3.05) is 7.11 Å². The van der Waals surface area contributed by atoms with Crippen molar-refractivity contribution in [1.82, 2.24) is 19.6 Å². The number of nitriles is 1. The summed E-state index contributed by atoms with van der Waals surface area (Å²) in [5.74, 6) is 0.187. The van der Waals surface area contributed by atoms with Crippen molar-refractivity contribution in [3.63, 3.8) is 0 Å². The van der Waals surface area contributed by atoms with Crippen LogP contribution < -0.4 is 10.2 Å². The highest BCUT2D eigenvalue weighted by Gasteiger charge is 2.17. The smallest absolute Gasteiger partial charge is 0.251 e. The van der Waals surface area contributed by atoms with Crippen LogP contribution in [0.2, 0.25) is 0 Å². The number of benzene rings is 2. The molecule has 7 nitrogen and oxygen atoms in total. The minimum Gasteiger partial charge on any atom is -0.491 e. The molecule has 0 bridgehead atoms. The summed E-state index contributed by atoms with van der Waals surface area (Å²) in [4.78, 5) is 12.9. The van der Waals surface area contributed by atoms with Gasteiger partial charge in [-0.25, -0.2) is 4.68 Å². The van der Waals surface area contributed by atoms with Gasteiger partial charge in [-0.05, 0) is 35.9 Å². The molecule has 0 radical (unpaired) electrons. The van der Waals surface area contributed by atoms with Crippen molar-refractivity contribution < 1.29 is 4.74 Å². The van der Waals surface area contributed by atoms with Crippen molar-refractivity contribution >= 4 is 0 Å². The van der Waals surface area contributed by atoms with E-state index in [-0.39, 0.29) is 16.9 Å². The van der Waals surface area contributed by atoms with Crippen LogP contribution in [-0.4, -0.2) is 26.7 Å². The van der Waals surface area contributed by atoms with Crippen LogP contribution in [0.4, 0.5) is 0 Å². The monoisotopic (exact) mass is 383 g/mol. The molecule has 0 aliphatic carbocycles. The highest BCUT2D eigenvalue weighted by molar-refractivity contribution is 5.58. The number of hydrogen-bond acceptors (Lipinski definition) is 5. The third-order valence-electron chi connectivity index (χ3n) is 4.44. The van der Waals surface area contributed by atoms with Crippen molar-refractivity contribution in [2.24, 2.45) is 0 Å². The van der Waals surface area contributed by atoms with Crippen LogP contribution in [0.5, 0.6) is 5.75 Å². The van der Waals surface area contributed by atoms with Gasteiger partial charge < -0.3 is 4.74 Å². The summed E-state index contributed by atoms with van der Waals surface area (Å²) < 4.78 is 8.60. The number of para-hydroxylation sites is 1. The highest BCUT2D eigenvalue weighted by Crippen LogP contribution is 2.20. The third-order valence-corrected chi connectivity index (χ3v) is 4.44. The van der Waals surface area contributed by atoms with Gasteiger partial charge in [0.1, 0.15) is 0 Å². The van der Waals surface area contributed by atoms with E-state index >= 15 is 0 Å². The first-order valence-electron chi connectivity index (χ1n) is 8.94. The summed E-state index contributed by atoms with van der Waals surface area (Å²) in [5.41, 5.74) is 2.78. The summed E-state index contributed by atoms with van der Waals surface area (Å²) in [6.45, 7) is 0.388. The van der Waals surface area contributed by atoms with Gasteiger partial charge in [0.15, 0.2) is 11.4 Å². The van der Waals surface area contributed by atoms with Gasteiger partial charge in [0.2, 0.25) is 0 Å². The van der Waals surface area contributed by atoms with Crippen LogP contribution in [0.3, 0.4) is 0 Å². The van der Waals surface area contributed by atoms with Crippen LogP contribution in [0.25, 0.3) is 17.1 Å². The van der Waals surface area contributed by atoms with Gasteiger partial charge in [-0.2, -0.15) is 15.5 Å². The van der Waals surface area contributed by atoms with E-state index in [1.54, 1.807) is 40.0 Å². The molecule has 0 N–H and O–H groups in total. The lowest BCUT2D eigenvalue weighted by atomic mass is 10.1. The summed E-state index contributed by atoms with van der Waals surface area (Å²) in [5, 5.41) is 18.0.